The minimum absolute atomic E-state index is 0.222. The van der Waals surface area contributed by atoms with E-state index < -0.39 is 9.84 Å². The van der Waals surface area contributed by atoms with Crippen LogP contribution in [-0.4, -0.2) is 25.6 Å². The molecule has 0 aliphatic rings. The number of rotatable bonds is 6. The Morgan fingerprint density at radius 2 is 1.78 bits per heavy atom. The van der Waals surface area contributed by atoms with E-state index in [0.717, 1.165) is 11.1 Å². The van der Waals surface area contributed by atoms with Crippen LogP contribution in [0.15, 0.2) is 83.8 Å². The van der Waals surface area contributed by atoms with Gasteiger partial charge in [0.15, 0.2) is 15.0 Å². The summed E-state index contributed by atoms with van der Waals surface area (Å²) in [5.41, 5.74) is 2.32. The van der Waals surface area contributed by atoms with Gasteiger partial charge in [0, 0.05) is 17.4 Å². The van der Waals surface area contributed by atoms with Gasteiger partial charge in [0.25, 0.3) is 5.91 Å². The lowest BCUT2D eigenvalue weighted by Crippen LogP contribution is -2.28. The van der Waals surface area contributed by atoms with Crippen LogP contribution in [0, 0.1) is 0 Å². The van der Waals surface area contributed by atoms with E-state index in [1.807, 2.05) is 48.5 Å². The molecule has 3 aromatic carbocycles. The highest BCUT2D eigenvalue weighted by Crippen LogP contribution is 2.32. The number of anilines is 1. The van der Waals surface area contributed by atoms with Crippen LogP contribution in [0.25, 0.3) is 16.3 Å². The molecule has 0 aliphatic carbocycles. The van der Waals surface area contributed by atoms with Crippen molar-refractivity contribution in [1.29, 1.82) is 0 Å². The lowest BCUT2D eigenvalue weighted by Gasteiger charge is -2.18. The first kappa shape index (κ1) is 22.2. The Morgan fingerprint density at radius 3 is 2.50 bits per heavy atom. The van der Waals surface area contributed by atoms with E-state index in [1.165, 1.54) is 29.7 Å². The van der Waals surface area contributed by atoms with E-state index >= 15 is 0 Å². The topological polar surface area (TPSA) is 67.3 Å². The molecule has 1 heterocycles. The van der Waals surface area contributed by atoms with Crippen molar-refractivity contribution in [2.24, 2.45) is 0 Å². The third kappa shape index (κ3) is 5.07. The number of fused-ring (bicyclic) bond motifs is 1. The first-order valence-corrected chi connectivity index (χ1v) is 12.8. The van der Waals surface area contributed by atoms with Crippen LogP contribution in [0.5, 0.6) is 0 Å². The first-order valence-electron chi connectivity index (χ1n) is 9.70. The van der Waals surface area contributed by atoms with Crippen molar-refractivity contribution in [2.75, 3.05) is 11.2 Å². The van der Waals surface area contributed by atoms with E-state index in [1.54, 1.807) is 29.2 Å². The Morgan fingerprint density at radius 1 is 1.06 bits per heavy atom. The largest absolute Gasteiger partial charge is 0.280 e. The van der Waals surface area contributed by atoms with Crippen LogP contribution in [0.3, 0.4) is 0 Å². The molecule has 0 aliphatic heterocycles. The maximum Gasteiger partial charge on any atom is 0.253 e. The number of carbonyl (C=O) groups excluding carboxylic acids is 1. The van der Waals surface area contributed by atoms with E-state index in [4.69, 9.17) is 11.6 Å². The standard InChI is InChI=1S/C24H19ClN2O3S2/c1-32(29,30)19-12-13-21-22(15-19)31-24(26-21)27(16-17-7-3-2-4-8-17)23(28)14-11-18-9-5-6-10-20(18)25/h2-15H,16H2,1H3/b14-11+. The first-order chi connectivity index (χ1) is 15.3. The fourth-order valence-corrected chi connectivity index (χ4v) is 5.04. The zero-order valence-electron chi connectivity index (χ0n) is 17.1. The average molecular weight is 483 g/mol. The third-order valence-electron chi connectivity index (χ3n) is 4.77. The molecule has 5 nitrogen and oxygen atoms in total. The highest BCUT2D eigenvalue weighted by atomic mass is 35.5. The molecule has 0 bridgehead atoms. The van der Waals surface area contributed by atoms with Crippen molar-refractivity contribution < 1.29 is 13.2 Å². The second kappa shape index (κ2) is 9.24. The quantitative estimate of drug-likeness (QED) is 0.335. The third-order valence-corrected chi connectivity index (χ3v) is 7.26. The molecule has 0 radical (unpaired) electrons. The molecule has 0 atom stereocenters. The molecule has 4 rings (SSSR count). The summed E-state index contributed by atoms with van der Waals surface area (Å²) in [5.74, 6) is -0.254. The Labute approximate surface area is 195 Å². The molecule has 0 fully saturated rings. The lowest BCUT2D eigenvalue weighted by molar-refractivity contribution is -0.114. The van der Waals surface area contributed by atoms with Gasteiger partial charge in [-0.2, -0.15) is 0 Å². The van der Waals surface area contributed by atoms with Crippen LogP contribution in [0.2, 0.25) is 5.02 Å². The molecule has 1 amide bonds. The number of amides is 1. The summed E-state index contributed by atoms with van der Waals surface area (Å²) in [6, 6.07) is 21.7. The van der Waals surface area contributed by atoms with Crippen molar-refractivity contribution in [3.05, 3.63) is 95.0 Å². The predicted molar refractivity (Wildman–Crippen MR) is 131 cm³/mol. The second-order valence-corrected chi connectivity index (χ2v) is 10.6. The van der Waals surface area contributed by atoms with E-state index in [2.05, 4.69) is 4.98 Å². The van der Waals surface area contributed by atoms with Gasteiger partial charge in [0.05, 0.1) is 21.7 Å². The van der Waals surface area contributed by atoms with Gasteiger partial charge in [-0.05, 0) is 41.5 Å². The molecule has 1 aromatic heterocycles. The van der Waals surface area contributed by atoms with Crippen molar-refractivity contribution in [1.82, 2.24) is 4.98 Å². The van der Waals surface area contributed by atoms with E-state index in [9.17, 15) is 13.2 Å². The minimum atomic E-state index is -3.34. The van der Waals surface area contributed by atoms with Crippen LogP contribution < -0.4 is 4.90 Å². The lowest BCUT2D eigenvalue weighted by atomic mass is 10.2. The van der Waals surface area contributed by atoms with Crippen molar-refractivity contribution in [2.45, 2.75) is 11.4 Å². The number of carbonyl (C=O) groups is 1. The zero-order valence-corrected chi connectivity index (χ0v) is 19.5. The van der Waals surface area contributed by atoms with Gasteiger partial charge in [-0.3, -0.25) is 9.69 Å². The summed E-state index contributed by atoms with van der Waals surface area (Å²) in [6.07, 6.45) is 4.32. The molecule has 4 aromatic rings. The summed E-state index contributed by atoms with van der Waals surface area (Å²) in [7, 11) is -3.34. The molecule has 8 heteroatoms. The summed E-state index contributed by atoms with van der Waals surface area (Å²) in [6.45, 7) is 0.325. The van der Waals surface area contributed by atoms with E-state index in [0.29, 0.717) is 26.9 Å². The number of sulfone groups is 1. The second-order valence-electron chi connectivity index (χ2n) is 7.16. The Bertz CT molecular complexity index is 1410. The minimum Gasteiger partial charge on any atom is -0.280 e. The Hall–Kier alpha value is -3.00. The molecule has 32 heavy (non-hydrogen) atoms. The molecular weight excluding hydrogens is 464 g/mol. The van der Waals surface area contributed by atoms with Crippen LogP contribution >= 0.6 is 22.9 Å². The van der Waals surface area contributed by atoms with E-state index in [-0.39, 0.29) is 10.8 Å². The SMILES string of the molecule is CS(=O)(=O)c1ccc2nc(N(Cc3ccccc3)C(=O)/C=C/c3ccccc3Cl)sc2c1. The van der Waals surface area contributed by atoms with Gasteiger partial charge in [0.2, 0.25) is 0 Å². The molecule has 0 saturated heterocycles. The fourth-order valence-electron chi connectivity index (χ4n) is 3.11. The highest BCUT2D eigenvalue weighted by molar-refractivity contribution is 7.90. The number of benzene rings is 3. The predicted octanol–water partition coefficient (Wildman–Crippen LogP) is 5.60. The summed E-state index contributed by atoms with van der Waals surface area (Å²) >= 11 is 7.48. The van der Waals surface area contributed by atoms with Crippen LogP contribution in [-0.2, 0) is 21.2 Å². The molecule has 0 N–H and O–H groups in total. The van der Waals surface area contributed by atoms with Crippen molar-refractivity contribution >= 4 is 60.1 Å². The molecule has 162 valence electrons. The summed E-state index contributed by atoms with van der Waals surface area (Å²) in [4.78, 5) is 19.6. The number of thiazole rings is 1. The van der Waals surface area contributed by atoms with Crippen molar-refractivity contribution in [3.8, 4) is 0 Å². The molecule has 0 unspecified atom stereocenters. The van der Waals surface area contributed by atoms with Gasteiger partial charge in [0.1, 0.15) is 0 Å². The summed E-state index contributed by atoms with van der Waals surface area (Å²) < 4.78 is 24.5. The number of hydrogen-bond acceptors (Lipinski definition) is 5. The average Bonchev–Trinajstić information content (AvgIpc) is 3.20. The maximum absolute atomic E-state index is 13.2. The molecule has 0 saturated carbocycles. The van der Waals surface area contributed by atoms with Gasteiger partial charge >= 0.3 is 0 Å². The number of nitrogens with zero attached hydrogens (tertiary/aromatic N) is 2. The summed E-state index contributed by atoms with van der Waals surface area (Å²) in [5, 5.41) is 1.04. The maximum atomic E-state index is 13.2. The van der Waals surface area contributed by atoms with Gasteiger partial charge in [-0.25, -0.2) is 13.4 Å². The Balaban J connectivity index is 1.72. The smallest absolute Gasteiger partial charge is 0.253 e. The molecule has 0 spiro atoms. The number of halogens is 1. The van der Waals surface area contributed by atoms with Gasteiger partial charge < -0.3 is 0 Å². The number of aromatic nitrogens is 1. The van der Waals surface area contributed by atoms with Crippen LogP contribution in [0.4, 0.5) is 5.13 Å². The fraction of sp³-hybridized carbons (Fsp3) is 0.0833. The van der Waals surface area contributed by atoms with Crippen LogP contribution in [0.1, 0.15) is 11.1 Å². The van der Waals surface area contributed by atoms with Crippen molar-refractivity contribution in [3.63, 3.8) is 0 Å². The number of hydrogen-bond donors (Lipinski definition) is 0. The zero-order chi connectivity index (χ0) is 22.7. The van der Waals surface area contributed by atoms with Gasteiger partial charge in [-0.1, -0.05) is 71.5 Å². The highest BCUT2D eigenvalue weighted by Gasteiger charge is 2.19. The van der Waals surface area contributed by atoms with Gasteiger partial charge in [-0.15, -0.1) is 0 Å². The molecular formula is C24H19ClN2O3S2. The monoisotopic (exact) mass is 482 g/mol. The normalized spacial score (nSPS) is 11.8. The Kier molecular flexibility index (Phi) is 6.41.